The lowest BCUT2D eigenvalue weighted by atomic mass is 10.00. The van der Waals surface area contributed by atoms with Crippen molar-refractivity contribution in [1.29, 1.82) is 5.26 Å². The number of carbonyl (C=O) groups excluding carboxylic acids is 2. The molecule has 1 aliphatic heterocycles. The molecule has 2 unspecified atom stereocenters. The number of amides is 2. The lowest BCUT2D eigenvalue weighted by Gasteiger charge is -2.19. The summed E-state index contributed by atoms with van der Waals surface area (Å²) in [5.74, 6) is 0.108. The highest BCUT2D eigenvalue weighted by Crippen LogP contribution is 2.45. The van der Waals surface area contributed by atoms with Gasteiger partial charge < -0.3 is 4.74 Å². The van der Waals surface area contributed by atoms with Crippen LogP contribution >= 0.6 is 0 Å². The zero-order valence-corrected chi connectivity index (χ0v) is 12.0. The molecule has 3 rings (SSSR count). The number of imide groups is 1. The minimum Gasteiger partial charge on any atom is -0.495 e. The number of hydrogen-bond acceptors (Lipinski definition) is 4. The summed E-state index contributed by atoms with van der Waals surface area (Å²) in [7, 11) is 1.47. The molecular formula is C16H16N2O3. The van der Waals surface area contributed by atoms with Gasteiger partial charge >= 0.3 is 0 Å². The SMILES string of the molecule is COc1cc(C#N)ccc1N1C(=O)C2CC(C)CC2C1=O. The van der Waals surface area contributed by atoms with E-state index in [1.165, 1.54) is 12.0 Å². The highest BCUT2D eigenvalue weighted by molar-refractivity contribution is 6.23. The van der Waals surface area contributed by atoms with E-state index in [1.807, 2.05) is 6.07 Å². The summed E-state index contributed by atoms with van der Waals surface area (Å²) in [5, 5.41) is 8.93. The smallest absolute Gasteiger partial charge is 0.237 e. The molecule has 2 atom stereocenters. The summed E-state index contributed by atoms with van der Waals surface area (Å²) >= 11 is 0. The van der Waals surface area contributed by atoms with E-state index in [1.54, 1.807) is 18.2 Å². The van der Waals surface area contributed by atoms with Crippen molar-refractivity contribution in [3.8, 4) is 11.8 Å². The van der Waals surface area contributed by atoms with Crippen LogP contribution in [0.25, 0.3) is 0 Å². The van der Waals surface area contributed by atoms with Gasteiger partial charge in [0.2, 0.25) is 11.8 Å². The first-order valence-electron chi connectivity index (χ1n) is 7.02. The number of rotatable bonds is 2. The van der Waals surface area contributed by atoms with Crippen molar-refractivity contribution in [2.24, 2.45) is 17.8 Å². The van der Waals surface area contributed by atoms with Crippen LogP contribution in [-0.2, 0) is 9.59 Å². The van der Waals surface area contributed by atoms with Crippen LogP contribution in [0.15, 0.2) is 18.2 Å². The van der Waals surface area contributed by atoms with Gasteiger partial charge in [0.25, 0.3) is 0 Å². The molecular weight excluding hydrogens is 268 g/mol. The summed E-state index contributed by atoms with van der Waals surface area (Å²) in [4.78, 5) is 26.3. The van der Waals surface area contributed by atoms with Crippen LogP contribution in [0.3, 0.4) is 0 Å². The van der Waals surface area contributed by atoms with E-state index >= 15 is 0 Å². The Morgan fingerprint density at radius 3 is 2.38 bits per heavy atom. The molecule has 1 saturated heterocycles. The maximum absolute atomic E-state index is 12.6. The van der Waals surface area contributed by atoms with Crippen LogP contribution in [0.5, 0.6) is 5.75 Å². The number of ether oxygens (including phenoxy) is 1. The Kier molecular flexibility index (Phi) is 3.17. The van der Waals surface area contributed by atoms with E-state index in [-0.39, 0.29) is 23.7 Å². The van der Waals surface area contributed by atoms with Gasteiger partial charge in [0.1, 0.15) is 5.75 Å². The molecule has 1 saturated carbocycles. The Labute approximate surface area is 123 Å². The number of nitriles is 1. The van der Waals surface area contributed by atoms with Crippen LogP contribution < -0.4 is 9.64 Å². The third-order valence-electron chi connectivity index (χ3n) is 4.42. The largest absolute Gasteiger partial charge is 0.495 e. The number of hydrogen-bond donors (Lipinski definition) is 0. The summed E-state index contributed by atoms with van der Waals surface area (Å²) in [6.07, 6.45) is 1.54. The first-order valence-corrected chi connectivity index (χ1v) is 7.02. The topological polar surface area (TPSA) is 70.4 Å². The van der Waals surface area contributed by atoms with E-state index in [4.69, 9.17) is 10.00 Å². The number of carbonyl (C=O) groups is 2. The molecule has 2 amide bonds. The van der Waals surface area contributed by atoms with Crippen molar-refractivity contribution < 1.29 is 14.3 Å². The number of nitrogens with zero attached hydrogens (tertiary/aromatic N) is 2. The molecule has 108 valence electrons. The average molecular weight is 284 g/mol. The monoisotopic (exact) mass is 284 g/mol. The lowest BCUT2D eigenvalue weighted by molar-refractivity contribution is -0.123. The number of methoxy groups -OCH3 is 1. The van der Waals surface area contributed by atoms with Crippen molar-refractivity contribution in [2.75, 3.05) is 12.0 Å². The molecule has 1 aromatic carbocycles. The number of anilines is 1. The summed E-state index contributed by atoms with van der Waals surface area (Å²) in [5.41, 5.74) is 0.872. The van der Waals surface area contributed by atoms with Crippen LogP contribution in [0.1, 0.15) is 25.3 Å². The second-order valence-electron chi connectivity index (χ2n) is 5.80. The molecule has 21 heavy (non-hydrogen) atoms. The maximum Gasteiger partial charge on any atom is 0.237 e. The minimum absolute atomic E-state index is 0.141. The molecule has 0 spiro atoms. The van der Waals surface area contributed by atoms with Crippen LogP contribution in [0.4, 0.5) is 5.69 Å². The fourth-order valence-corrected chi connectivity index (χ4v) is 3.45. The van der Waals surface area contributed by atoms with Crippen LogP contribution in [0, 0.1) is 29.1 Å². The predicted molar refractivity (Wildman–Crippen MR) is 75.6 cm³/mol. The molecule has 0 radical (unpaired) electrons. The first-order chi connectivity index (χ1) is 10.1. The Morgan fingerprint density at radius 2 is 1.86 bits per heavy atom. The highest BCUT2D eigenvalue weighted by atomic mass is 16.5. The predicted octanol–water partition coefficient (Wildman–Crippen LogP) is 2.10. The third-order valence-corrected chi connectivity index (χ3v) is 4.42. The highest BCUT2D eigenvalue weighted by Gasteiger charge is 2.52. The van der Waals surface area contributed by atoms with Gasteiger partial charge in [-0.3, -0.25) is 9.59 Å². The zero-order valence-electron chi connectivity index (χ0n) is 12.0. The molecule has 2 aliphatic rings. The van der Waals surface area contributed by atoms with Crippen LogP contribution in [-0.4, -0.2) is 18.9 Å². The van der Waals surface area contributed by atoms with E-state index in [0.717, 1.165) is 12.8 Å². The average Bonchev–Trinajstić information content (AvgIpc) is 2.97. The molecule has 0 aromatic heterocycles. The van der Waals surface area contributed by atoms with Gasteiger partial charge in [-0.15, -0.1) is 0 Å². The van der Waals surface area contributed by atoms with Crippen molar-refractivity contribution in [2.45, 2.75) is 19.8 Å². The van der Waals surface area contributed by atoms with Gasteiger partial charge in [-0.25, -0.2) is 4.90 Å². The van der Waals surface area contributed by atoms with Gasteiger partial charge in [0.05, 0.1) is 36.3 Å². The molecule has 1 heterocycles. The standard InChI is InChI=1S/C16H16N2O3/c1-9-5-11-12(6-9)16(20)18(15(11)19)13-4-3-10(8-17)7-14(13)21-2/h3-4,7,9,11-12H,5-6H2,1-2H3. The van der Waals surface area contributed by atoms with E-state index in [0.29, 0.717) is 22.9 Å². The molecule has 5 heteroatoms. The summed E-state index contributed by atoms with van der Waals surface area (Å²) in [6.45, 7) is 2.07. The summed E-state index contributed by atoms with van der Waals surface area (Å²) in [6, 6.07) is 6.77. The first kappa shape index (κ1) is 13.6. The fraction of sp³-hybridized carbons (Fsp3) is 0.438. The Balaban J connectivity index is 2.01. The van der Waals surface area contributed by atoms with E-state index in [2.05, 4.69) is 6.92 Å². The fourth-order valence-electron chi connectivity index (χ4n) is 3.45. The Morgan fingerprint density at radius 1 is 1.24 bits per heavy atom. The molecule has 5 nitrogen and oxygen atoms in total. The molecule has 0 N–H and O–H groups in total. The van der Waals surface area contributed by atoms with Crippen molar-refractivity contribution >= 4 is 17.5 Å². The van der Waals surface area contributed by atoms with Gasteiger partial charge in [-0.05, 0) is 30.9 Å². The molecule has 1 aliphatic carbocycles. The molecule has 2 fully saturated rings. The quantitative estimate of drug-likeness (QED) is 0.780. The van der Waals surface area contributed by atoms with Gasteiger partial charge in [0, 0.05) is 6.07 Å². The van der Waals surface area contributed by atoms with E-state index < -0.39 is 0 Å². The van der Waals surface area contributed by atoms with E-state index in [9.17, 15) is 9.59 Å². The third kappa shape index (κ3) is 1.99. The second kappa shape index (κ2) is 4.88. The minimum atomic E-state index is -0.201. The van der Waals surface area contributed by atoms with Crippen LogP contribution in [0.2, 0.25) is 0 Å². The maximum atomic E-state index is 12.6. The summed E-state index contributed by atoms with van der Waals surface area (Å²) < 4.78 is 5.24. The van der Waals surface area contributed by atoms with Gasteiger partial charge in [-0.1, -0.05) is 6.92 Å². The Bertz CT molecular complexity index is 638. The lowest BCUT2D eigenvalue weighted by Crippen LogP contribution is -2.32. The molecule has 0 bridgehead atoms. The molecule has 1 aromatic rings. The number of benzene rings is 1. The second-order valence-corrected chi connectivity index (χ2v) is 5.80. The van der Waals surface area contributed by atoms with Crippen molar-refractivity contribution in [3.63, 3.8) is 0 Å². The van der Waals surface area contributed by atoms with Gasteiger partial charge in [0.15, 0.2) is 0 Å². The number of fused-ring (bicyclic) bond motifs is 1. The van der Waals surface area contributed by atoms with Gasteiger partial charge in [-0.2, -0.15) is 5.26 Å². The zero-order chi connectivity index (χ0) is 15.1. The Hall–Kier alpha value is -2.35. The van der Waals surface area contributed by atoms with Crippen molar-refractivity contribution in [1.82, 2.24) is 0 Å². The normalized spacial score (nSPS) is 27.7. The van der Waals surface area contributed by atoms with Crippen molar-refractivity contribution in [3.05, 3.63) is 23.8 Å².